The normalized spacial score (nSPS) is 14.5. The Morgan fingerprint density at radius 3 is 2.52 bits per heavy atom. The summed E-state index contributed by atoms with van der Waals surface area (Å²) in [5.74, 6) is 0. The van der Waals surface area contributed by atoms with Gasteiger partial charge in [0.15, 0.2) is 0 Å². The van der Waals surface area contributed by atoms with Crippen molar-refractivity contribution in [3.05, 3.63) is 53.9 Å². The molecule has 1 N–H and O–H groups in total. The number of aromatic nitrogens is 1. The lowest BCUT2D eigenvalue weighted by molar-refractivity contribution is -0.137. The minimum Gasteiger partial charge on any atom is -0.324 e. The summed E-state index contributed by atoms with van der Waals surface area (Å²) >= 11 is 0. The van der Waals surface area contributed by atoms with E-state index in [-0.39, 0.29) is 12.8 Å². The molecule has 8 heteroatoms. The predicted octanol–water partition coefficient (Wildman–Crippen LogP) is 4.49. The van der Waals surface area contributed by atoms with E-state index < -0.39 is 19.3 Å². The Morgan fingerprint density at radius 1 is 1.22 bits per heavy atom. The van der Waals surface area contributed by atoms with Gasteiger partial charge >= 0.3 is 13.8 Å². The fraction of sp³-hybridized carbons (Fsp3) is 0.267. The number of nitrogens with zero attached hydrogens (tertiary/aromatic N) is 1. The third-order valence-electron chi connectivity index (χ3n) is 3.04. The van der Waals surface area contributed by atoms with Crippen LogP contribution < -0.4 is 0 Å². The van der Waals surface area contributed by atoms with Gasteiger partial charge in [0.2, 0.25) is 0 Å². The molecule has 1 aromatic heterocycles. The molecule has 1 atom stereocenters. The van der Waals surface area contributed by atoms with Gasteiger partial charge in [-0.3, -0.25) is 9.55 Å². The van der Waals surface area contributed by atoms with Gasteiger partial charge in [-0.15, -0.1) is 0 Å². The Morgan fingerprint density at radius 2 is 1.96 bits per heavy atom. The lowest BCUT2D eigenvalue weighted by atomic mass is 10.0. The average molecular weight is 345 g/mol. The van der Waals surface area contributed by atoms with Crippen LogP contribution in [0.5, 0.6) is 0 Å². The number of hydrogen-bond donors (Lipinski definition) is 1. The molecule has 0 amide bonds. The van der Waals surface area contributed by atoms with Crippen LogP contribution in [0.4, 0.5) is 13.2 Å². The number of rotatable bonds is 5. The largest absolute Gasteiger partial charge is 0.416 e. The van der Waals surface area contributed by atoms with Crippen molar-refractivity contribution in [2.75, 3.05) is 6.61 Å². The Labute approximate surface area is 131 Å². The van der Waals surface area contributed by atoms with Crippen molar-refractivity contribution in [1.82, 2.24) is 4.98 Å². The number of pyridine rings is 1. The van der Waals surface area contributed by atoms with Crippen LogP contribution in [0.15, 0.2) is 42.6 Å². The van der Waals surface area contributed by atoms with Crippen LogP contribution in [0.2, 0.25) is 0 Å². The molecule has 0 saturated heterocycles. The van der Waals surface area contributed by atoms with Gasteiger partial charge < -0.3 is 9.42 Å². The van der Waals surface area contributed by atoms with Crippen molar-refractivity contribution in [2.24, 2.45) is 0 Å². The van der Waals surface area contributed by atoms with E-state index in [0.29, 0.717) is 16.8 Å². The molecule has 124 valence electrons. The van der Waals surface area contributed by atoms with Gasteiger partial charge in [-0.05, 0) is 30.7 Å². The summed E-state index contributed by atoms with van der Waals surface area (Å²) in [6, 6.07) is 7.95. The van der Waals surface area contributed by atoms with E-state index in [0.717, 1.165) is 12.1 Å². The highest BCUT2D eigenvalue weighted by molar-refractivity contribution is 7.51. The van der Waals surface area contributed by atoms with E-state index in [9.17, 15) is 22.6 Å². The average Bonchev–Trinajstić information content (AvgIpc) is 2.47. The first-order chi connectivity index (χ1) is 10.7. The van der Waals surface area contributed by atoms with Crippen molar-refractivity contribution in [3.8, 4) is 11.1 Å². The second kappa shape index (κ2) is 6.83. The molecule has 0 aliphatic carbocycles. The van der Waals surface area contributed by atoms with Crippen molar-refractivity contribution >= 4 is 7.60 Å². The molecule has 1 aromatic carbocycles. The summed E-state index contributed by atoms with van der Waals surface area (Å²) in [5, 5.41) is 0. The molecule has 0 aliphatic rings. The zero-order valence-electron chi connectivity index (χ0n) is 12.2. The minimum absolute atomic E-state index is 0.107. The lowest BCUT2D eigenvalue weighted by Crippen LogP contribution is -2.04. The van der Waals surface area contributed by atoms with E-state index >= 15 is 0 Å². The van der Waals surface area contributed by atoms with Crippen LogP contribution >= 0.6 is 7.60 Å². The number of halogens is 3. The smallest absolute Gasteiger partial charge is 0.324 e. The summed E-state index contributed by atoms with van der Waals surface area (Å²) in [7, 11) is -3.74. The molecule has 1 heterocycles. The van der Waals surface area contributed by atoms with Crippen molar-refractivity contribution in [3.63, 3.8) is 0 Å². The van der Waals surface area contributed by atoms with Gasteiger partial charge in [-0.2, -0.15) is 13.2 Å². The Bertz CT molecular complexity index is 717. The third-order valence-corrected chi connectivity index (χ3v) is 4.43. The first-order valence-corrected chi connectivity index (χ1v) is 8.56. The first kappa shape index (κ1) is 17.7. The molecule has 2 rings (SSSR count). The second-order valence-corrected chi connectivity index (χ2v) is 6.68. The molecule has 0 saturated carbocycles. The number of benzene rings is 1. The van der Waals surface area contributed by atoms with Gasteiger partial charge in [0.05, 0.1) is 24.0 Å². The SMILES string of the molecule is CCOP(=O)(O)Cc1ccc(-c2cccc(C(F)(F)F)c2)cn1. The summed E-state index contributed by atoms with van der Waals surface area (Å²) in [6.07, 6.45) is -3.29. The topological polar surface area (TPSA) is 59.4 Å². The zero-order chi connectivity index (χ0) is 17.1. The van der Waals surface area contributed by atoms with Crippen molar-refractivity contribution in [2.45, 2.75) is 19.3 Å². The predicted molar refractivity (Wildman–Crippen MR) is 79.8 cm³/mol. The molecular formula is C15H15F3NO3P. The highest BCUT2D eigenvalue weighted by Gasteiger charge is 2.30. The number of alkyl halides is 3. The molecule has 0 spiro atoms. The summed E-state index contributed by atoms with van der Waals surface area (Å²) in [4.78, 5) is 13.6. The zero-order valence-corrected chi connectivity index (χ0v) is 13.1. The quantitative estimate of drug-likeness (QED) is 0.811. The molecule has 0 bridgehead atoms. The minimum atomic E-state index is -4.41. The van der Waals surface area contributed by atoms with Gasteiger partial charge in [0.1, 0.15) is 0 Å². The molecular weight excluding hydrogens is 330 g/mol. The maximum absolute atomic E-state index is 12.7. The van der Waals surface area contributed by atoms with Crippen LogP contribution in [-0.4, -0.2) is 16.5 Å². The van der Waals surface area contributed by atoms with Gasteiger partial charge in [-0.1, -0.05) is 18.2 Å². The molecule has 1 unspecified atom stereocenters. The summed E-state index contributed by atoms with van der Waals surface area (Å²) in [6.45, 7) is 1.71. The molecule has 2 aromatic rings. The van der Waals surface area contributed by atoms with Crippen LogP contribution in [0, 0.1) is 0 Å². The maximum Gasteiger partial charge on any atom is 0.416 e. The van der Waals surface area contributed by atoms with Crippen LogP contribution in [0.1, 0.15) is 18.2 Å². The second-order valence-electron chi connectivity index (χ2n) is 4.83. The van der Waals surface area contributed by atoms with Gasteiger partial charge in [0.25, 0.3) is 0 Å². The molecule has 23 heavy (non-hydrogen) atoms. The highest BCUT2D eigenvalue weighted by atomic mass is 31.2. The monoisotopic (exact) mass is 345 g/mol. The van der Waals surface area contributed by atoms with Crippen LogP contribution in [0.3, 0.4) is 0 Å². The fourth-order valence-corrected chi connectivity index (χ4v) is 3.11. The fourth-order valence-electron chi connectivity index (χ4n) is 2.02. The highest BCUT2D eigenvalue weighted by Crippen LogP contribution is 2.45. The lowest BCUT2D eigenvalue weighted by Gasteiger charge is -2.11. The maximum atomic E-state index is 12.7. The van der Waals surface area contributed by atoms with Gasteiger partial charge in [0, 0.05) is 11.8 Å². The molecule has 4 nitrogen and oxygen atoms in total. The van der Waals surface area contributed by atoms with E-state index in [1.165, 1.54) is 18.3 Å². The molecule has 0 fully saturated rings. The summed E-state index contributed by atoms with van der Waals surface area (Å²) < 4.78 is 54.6. The van der Waals surface area contributed by atoms with Crippen molar-refractivity contribution < 1.29 is 27.2 Å². The Kier molecular flexibility index (Phi) is 5.24. The van der Waals surface area contributed by atoms with E-state index in [1.54, 1.807) is 19.1 Å². The Hall–Kier alpha value is -1.69. The summed E-state index contributed by atoms with van der Waals surface area (Å²) in [5.41, 5.74) is 0.454. The first-order valence-electron chi connectivity index (χ1n) is 6.80. The molecule has 0 aliphatic heterocycles. The van der Waals surface area contributed by atoms with Gasteiger partial charge in [-0.25, -0.2) is 0 Å². The van der Waals surface area contributed by atoms with Crippen molar-refractivity contribution in [1.29, 1.82) is 0 Å². The van der Waals surface area contributed by atoms with Crippen LogP contribution in [0.25, 0.3) is 11.1 Å². The Balaban J connectivity index is 2.22. The molecule has 0 radical (unpaired) electrons. The van der Waals surface area contributed by atoms with E-state index in [1.807, 2.05) is 0 Å². The van der Waals surface area contributed by atoms with Crippen LogP contribution in [-0.2, 0) is 21.4 Å². The van der Waals surface area contributed by atoms with E-state index in [2.05, 4.69) is 4.98 Å². The number of hydrogen-bond acceptors (Lipinski definition) is 3. The standard InChI is InChI=1S/C15H15F3NO3P/c1-2-22-23(20,21)10-14-7-6-12(9-19-14)11-4-3-5-13(8-11)15(16,17)18/h3-9H,2,10H2,1H3,(H,20,21). The van der Waals surface area contributed by atoms with E-state index in [4.69, 9.17) is 4.52 Å². The third kappa shape index (κ3) is 4.89.